The highest BCUT2D eigenvalue weighted by molar-refractivity contribution is 6.09. The number of amides is 1. The molecule has 0 aliphatic heterocycles. The summed E-state index contributed by atoms with van der Waals surface area (Å²) in [7, 11) is 0. The van der Waals surface area contributed by atoms with Crippen LogP contribution in [0.3, 0.4) is 0 Å². The van der Waals surface area contributed by atoms with E-state index in [0.29, 0.717) is 30.3 Å². The van der Waals surface area contributed by atoms with Crippen LogP contribution in [0.1, 0.15) is 16.9 Å². The van der Waals surface area contributed by atoms with Gasteiger partial charge in [-0.15, -0.1) is 0 Å². The van der Waals surface area contributed by atoms with Gasteiger partial charge in [0.2, 0.25) is 0 Å². The number of nitrogens with one attached hydrogen (secondary N) is 1. The molecular weight excluding hydrogens is 382 g/mol. The van der Waals surface area contributed by atoms with Gasteiger partial charge in [-0.3, -0.25) is 4.79 Å². The van der Waals surface area contributed by atoms with Gasteiger partial charge in [-0.2, -0.15) is 5.26 Å². The van der Waals surface area contributed by atoms with Crippen LogP contribution >= 0.6 is 0 Å². The molecule has 7 heteroatoms. The first-order valence-electron chi connectivity index (χ1n) is 9.32. The molecule has 0 bridgehead atoms. The second-order valence-corrected chi connectivity index (χ2v) is 6.53. The van der Waals surface area contributed by atoms with Crippen molar-refractivity contribution < 1.29 is 18.8 Å². The van der Waals surface area contributed by atoms with Crippen molar-refractivity contribution in [3.8, 4) is 17.6 Å². The van der Waals surface area contributed by atoms with Gasteiger partial charge in [0.1, 0.15) is 42.1 Å². The Balaban J connectivity index is 1.52. The molecule has 0 spiro atoms. The van der Waals surface area contributed by atoms with E-state index in [1.807, 2.05) is 37.3 Å². The molecule has 0 saturated carbocycles. The molecule has 1 heterocycles. The summed E-state index contributed by atoms with van der Waals surface area (Å²) in [6.07, 6.45) is 1.49. The van der Waals surface area contributed by atoms with Gasteiger partial charge in [-0.25, -0.2) is 0 Å². The minimum atomic E-state index is -0.556. The number of nitrogens with zero attached hydrogens (tertiary/aromatic N) is 2. The molecule has 3 aromatic rings. The average molecular weight is 403 g/mol. The molecule has 7 nitrogen and oxygen atoms in total. The van der Waals surface area contributed by atoms with Crippen LogP contribution in [0.2, 0.25) is 0 Å². The van der Waals surface area contributed by atoms with Crippen LogP contribution in [0.25, 0.3) is 6.08 Å². The molecule has 1 aromatic heterocycles. The van der Waals surface area contributed by atoms with E-state index in [-0.39, 0.29) is 11.4 Å². The number of aryl methyl sites for hydroxylation is 2. The van der Waals surface area contributed by atoms with Gasteiger partial charge in [0.25, 0.3) is 5.91 Å². The first kappa shape index (κ1) is 20.7. The first-order chi connectivity index (χ1) is 14.5. The number of rotatable bonds is 8. The summed E-state index contributed by atoms with van der Waals surface area (Å²) in [4.78, 5) is 12.2. The lowest BCUT2D eigenvalue weighted by molar-refractivity contribution is -0.112. The molecule has 0 aliphatic rings. The lowest BCUT2D eigenvalue weighted by Crippen LogP contribution is -2.13. The van der Waals surface area contributed by atoms with E-state index in [1.54, 1.807) is 37.3 Å². The minimum Gasteiger partial charge on any atom is -0.490 e. The van der Waals surface area contributed by atoms with Gasteiger partial charge >= 0.3 is 0 Å². The second-order valence-electron chi connectivity index (χ2n) is 6.53. The fraction of sp³-hybridized carbons (Fsp3) is 0.174. The summed E-state index contributed by atoms with van der Waals surface area (Å²) in [5, 5.41) is 15.5. The number of hydrogen-bond acceptors (Lipinski definition) is 6. The van der Waals surface area contributed by atoms with Crippen molar-refractivity contribution in [1.29, 1.82) is 5.26 Å². The normalized spacial score (nSPS) is 10.9. The largest absolute Gasteiger partial charge is 0.490 e. The van der Waals surface area contributed by atoms with Gasteiger partial charge in [0.15, 0.2) is 5.82 Å². The number of carbonyl (C=O) groups is 1. The molecule has 1 N–H and O–H groups in total. The predicted octanol–water partition coefficient (Wildman–Crippen LogP) is 4.29. The van der Waals surface area contributed by atoms with Crippen LogP contribution in [0.15, 0.2) is 64.7 Å². The van der Waals surface area contributed by atoms with E-state index in [1.165, 1.54) is 6.08 Å². The highest BCUT2D eigenvalue weighted by Gasteiger charge is 2.11. The summed E-state index contributed by atoms with van der Waals surface area (Å²) >= 11 is 0. The molecule has 1 amide bonds. The molecule has 3 rings (SSSR count). The summed E-state index contributed by atoms with van der Waals surface area (Å²) in [6, 6.07) is 18.4. The van der Waals surface area contributed by atoms with Gasteiger partial charge in [-0.1, -0.05) is 29.4 Å². The van der Waals surface area contributed by atoms with Gasteiger partial charge in [0.05, 0.1) is 0 Å². The van der Waals surface area contributed by atoms with Crippen LogP contribution in [-0.2, 0) is 4.79 Å². The maximum Gasteiger partial charge on any atom is 0.267 e. The quantitative estimate of drug-likeness (QED) is 0.342. The number of anilines is 1. The third-order valence-electron chi connectivity index (χ3n) is 4.04. The monoisotopic (exact) mass is 403 g/mol. The molecular formula is C23H21N3O4. The third kappa shape index (κ3) is 5.97. The molecule has 0 fully saturated rings. The van der Waals surface area contributed by atoms with Gasteiger partial charge in [-0.05, 0) is 55.3 Å². The zero-order valence-corrected chi connectivity index (χ0v) is 16.7. The predicted molar refractivity (Wildman–Crippen MR) is 112 cm³/mol. The van der Waals surface area contributed by atoms with Gasteiger partial charge < -0.3 is 19.3 Å². The Bertz CT molecular complexity index is 1080. The lowest BCUT2D eigenvalue weighted by Gasteiger charge is -2.09. The van der Waals surface area contributed by atoms with Crippen molar-refractivity contribution >= 4 is 17.8 Å². The number of hydrogen-bond donors (Lipinski definition) is 1. The molecule has 2 aromatic carbocycles. The Hall–Kier alpha value is -4.05. The van der Waals surface area contributed by atoms with E-state index in [0.717, 1.165) is 11.3 Å². The van der Waals surface area contributed by atoms with Crippen LogP contribution in [0.4, 0.5) is 5.82 Å². The first-order valence-corrected chi connectivity index (χ1v) is 9.32. The maximum atomic E-state index is 12.2. The Morgan fingerprint density at radius 2 is 1.83 bits per heavy atom. The van der Waals surface area contributed by atoms with E-state index in [2.05, 4.69) is 10.5 Å². The van der Waals surface area contributed by atoms with E-state index < -0.39 is 5.91 Å². The Labute approximate surface area is 174 Å². The molecule has 0 atom stereocenters. The summed E-state index contributed by atoms with van der Waals surface area (Å²) in [5.41, 5.74) is 1.79. The number of ether oxygens (including phenoxy) is 2. The fourth-order valence-corrected chi connectivity index (χ4v) is 2.61. The van der Waals surface area contributed by atoms with Crippen LogP contribution in [0, 0.1) is 25.2 Å². The maximum absolute atomic E-state index is 12.2. The topological polar surface area (TPSA) is 97.4 Å². The number of carbonyl (C=O) groups excluding carboxylic acids is 1. The summed E-state index contributed by atoms with van der Waals surface area (Å²) in [5.74, 6) is 1.74. The van der Waals surface area contributed by atoms with Crippen molar-refractivity contribution in [3.05, 3.63) is 77.1 Å². The number of aromatic nitrogens is 1. The van der Waals surface area contributed by atoms with Crippen molar-refractivity contribution in [2.45, 2.75) is 13.8 Å². The molecule has 0 saturated heterocycles. The van der Waals surface area contributed by atoms with E-state index in [4.69, 9.17) is 14.0 Å². The average Bonchev–Trinajstić information content (AvgIpc) is 3.15. The van der Waals surface area contributed by atoms with Crippen molar-refractivity contribution in [2.24, 2.45) is 0 Å². The molecule has 0 aliphatic carbocycles. The molecule has 152 valence electrons. The fourth-order valence-electron chi connectivity index (χ4n) is 2.61. The van der Waals surface area contributed by atoms with Crippen LogP contribution < -0.4 is 14.8 Å². The van der Waals surface area contributed by atoms with Crippen molar-refractivity contribution in [2.75, 3.05) is 18.5 Å². The Morgan fingerprint density at radius 3 is 2.47 bits per heavy atom. The van der Waals surface area contributed by atoms with Crippen molar-refractivity contribution in [1.82, 2.24) is 5.16 Å². The van der Waals surface area contributed by atoms with Crippen LogP contribution in [-0.4, -0.2) is 24.3 Å². The highest BCUT2D eigenvalue weighted by atomic mass is 16.5. The Morgan fingerprint density at radius 1 is 1.10 bits per heavy atom. The van der Waals surface area contributed by atoms with E-state index in [9.17, 15) is 10.1 Å². The zero-order valence-electron chi connectivity index (χ0n) is 16.7. The third-order valence-corrected chi connectivity index (χ3v) is 4.04. The number of benzene rings is 2. The lowest BCUT2D eigenvalue weighted by atomic mass is 10.1. The SMILES string of the molecule is Cc1cccc(OCCOc2ccc(/C=C(/C#N)C(=O)Nc3cc(C)on3)cc2)c1. The van der Waals surface area contributed by atoms with Gasteiger partial charge in [0, 0.05) is 6.07 Å². The van der Waals surface area contributed by atoms with Crippen molar-refractivity contribution in [3.63, 3.8) is 0 Å². The second kappa shape index (κ2) is 9.94. The van der Waals surface area contributed by atoms with Crippen LogP contribution in [0.5, 0.6) is 11.5 Å². The summed E-state index contributed by atoms with van der Waals surface area (Å²) < 4.78 is 16.2. The smallest absolute Gasteiger partial charge is 0.267 e. The minimum absolute atomic E-state index is 0.0455. The molecule has 30 heavy (non-hydrogen) atoms. The highest BCUT2D eigenvalue weighted by Crippen LogP contribution is 2.16. The Kier molecular flexibility index (Phi) is 6.85. The van der Waals surface area contributed by atoms with E-state index >= 15 is 0 Å². The molecule has 0 radical (unpaired) electrons. The summed E-state index contributed by atoms with van der Waals surface area (Å²) in [6.45, 7) is 4.54. The standard InChI is InChI=1S/C23H21N3O4/c1-16-4-3-5-21(12-16)29-11-10-28-20-8-6-18(7-9-20)14-19(15-24)23(27)25-22-13-17(2)30-26-22/h3-9,12-14H,10-11H2,1-2H3,(H,25,26,27)/b19-14-. The molecule has 0 unspecified atom stereocenters. The number of nitriles is 1. The zero-order chi connectivity index (χ0) is 21.3.